The van der Waals surface area contributed by atoms with Crippen LogP contribution in [0.5, 0.6) is 0 Å². The first-order valence-corrected chi connectivity index (χ1v) is 11.0. The van der Waals surface area contributed by atoms with E-state index in [0.29, 0.717) is 38.0 Å². The molecule has 3 rings (SSSR count). The van der Waals surface area contributed by atoms with Crippen molar-refractivity contribution in [3.63, 3.8) is 0 Å². The van der Waals surface area contributed by atoms with Gasteiger partial charge < -0.3 is 5.32 Å². The number of aryl methyl sites for hydroxylation is 1. The molecule has 0 radical (unpaired) electrons. The molecule has 0 aliphatic carbocycles. The second kappa shape index (κ2) is 8.21. The van der Waals surface area contributed by atoms with Gasteiger partial charge in [0.2, 0.25) is 15.9 Å². The van der Waals surface area contributed by atoms with Crippen LogP contribution in [0.1, 0.15) is 28.8 Å². The van der Waals surface area contributed by atoms with Gasteiger partial charge in [0.05, 0.1) is 23.1 Å². The lowest BCUT2D eigenvalue weighted by molar-refractivity contribution is -0.126. The van der Waals surface area contributed by atoms with Gasteiger partial charge >= 0.3 is 0 Å². The summed E-state index contributed by atoms with van der Waals surface area (Å²) in [6.07, 6.45) is 1.01. The molecular formula is C19H21N3O3S2. The first kappa shape index (κ1) is 19.5. The van der Waals surface area contributed by atoms with Gasteiger partial charge in [0.15, 0.2) is 0 Å². The number of hydrogen-bond donors (Lipinski definition) is 1. The molecular weight excluding hydrogens is 382 g/mol. The molecule has 1 aromatic carbocycles. The SMILES string of the molecule is Cc1ccsc1CNC(=O)C1CCN(S(=O)(=O)c2ccc(C#N)cc2)CC1. The number of thiophene rings is 1. The Morgan fingerprint density at radius 3 is 2.48 bits per heavy atom. The molecule has 8 heteroatoms. The maximum absolute atomic E-state index is 12.7. The zero-order valence-corrected chi connectivity index (χ0v) is 16.6. The number of carbonyl (C=O) groups excluding carboxylic acids is 1. The summed E-state index contributed by atoms with van der Waals surface area (Å²) in [6.45, 7) is 3.17. The standard InChI is InChI=1S/C19H21N3O3S2/c1-14-8-11-26-18(14)13-21-19(23)16-6-9-22(10-7-16)27(24,25)17-4-2-15(12-20)3-5-17/h2-5,8,11,16H,6-7,9-10,13H2,1H3,(H,21,23). The Balaban J connectivity index is 1.56. The number of carbonyl (C=O) groups is 1. The second-order valence-electron chi connectivity index (χ2n) is 6.56. The van der Waals surface area contributed by atoms with Crippen molar-refractivity contribution in [3.8, 4) is 6.07 Å². The van der Waals surface area contributed by atoms with Crippen molar-refractivity contribution in [1.29, 1.82) is 5.26 Å². The number of amides is 1. The molecule has 1 aliphatic heterocycles. The number of nitriles is 1. The van der Waals surface area contributed by atoms with Crippen LogP contribution in [0.2, 0.25) is 0 Å². The van der Waals surface area contributed by atoms with E-state index in [1.807, 2.05) is 24.4 Å². The molecule has 6 nitrogen and oxygen atoms in total. The lowest BCUT2D eigenvalue weighted by Gasteiger charge is -2.30. The predicted octanol–water partition coefficient (Wildman–Crippen LogP) is 2.65. The average Bonchev–Trinajstić information content (AvgIpc) is 3.11. The van der Waals surface area contributed by atoms with E-state index in [9.17, 15) is 13.2 Å². The van der Waals surface area contributed by atoms with E-state index in [4.69, 9.17) is 5.26 Å². The number of nitrogens with one attached hydrogen (secondary N) is 1. The number of sulfonamides is 1. The quantitative estimate of drug-likeness (QED) is 0.831. The highest BCUT2D eigenvalue weighted by Gasteiger charge is 2.32. The van der Waals surface area contributed by atoms with Crippen LogP contribution in [0.3, 0.4) is 0 Å². The van der Waals surface area contributed by atoms with Crippen molar-refractivity contribution < 1.29 is 13.2 Å². The van der Waals surface area contributed by atoms with Crippen LogP contribution >= 0.6 is 11.3 Å². The number of rotatable bonds is 5. The first-order chi connectivity index (χ1) is 12.9. The molecule has 2 heterocycles. The number of piperidine rings is 1. The smallest absolute Gasteiger partial charge is 0.243 e. The van der Waals surface area contributed by atoms with Crippen LogP contribution in [-0.2, 0) is 21.4 Å². The van der Waals surface area contributed by atoms with Gasteiger partial charge in [-0.15, -0.1) is 11.3 Å². The van der Waals surface area contributed by atoms with E-state index in [1.165, 1.54) is 34.1 Å². The monoisotopic (exact) mass is 403 g/mol. The molecule has 1 amide bonds. The van der Waals surface area contributed by atoms with Crippen molar-refractivity contribution in [2.24, 2.45) is 5.92 Å². The average molecular weight is 404 g/mol. The molecule has 0 bridgehead atoms. The minimum atomic E-state index is -3.60. The second-order valence-corrected chi connectivity index (χ2v) is 9.50. The van der Waals surface area contributed by atoms with Crippen molar-refractivity contribution in [3.05, 3.63) is 51.7 Å². The lowest BCUT2D eigenvalue weighted by Crippen LogP contribution is -2.42. The van der Waals surface area contributed by atoms with Gasteiger partial charge in [0.1, 0.15) is 0 Å². The van der Waals surface area contributed by atoms with Gasteiger partial charge in [-0.25, -0.2) is 8.42 Å². The summed E-state index contributed by atoms with van der Waals surface area (Å²) in [4.78, 5) is 13.7. The van der Waals surface area contributed by atoms with Crippen LogP contribution in [0.4, 0.5) is 0 Å². The molecule has 27 heavy (non-hydrogen) atoms. The van der Waals surface area contributed by atoms with E-state index in [1.54, 1.807) is 11.3 Å². The third-order valence-corrected chi connectivity index (χ3v) is 7.77. The molecule has 1 aliphatic rings. The molecule has 1 fully saturated rings. The fourth-order valence-electron chi connectivity index (χ4n) is 3.11. The molecule has 142 valence electrons. The number of benzene rings is 1. The Hall–Kier alpha value is -2.21. The highest BCUT2D eigenvalue weighted by Crippen LogP contribution is 2.24. The first-order valence-electron chi connectivity index (χ1n) is 8.73. The maximum atomic E-state index is 12.7. The zero-order chi connectivity index (χ0) is 19.4. The third-order valence-electron chi connectivity index (χ3n) is 4.84. The largest absolute Gasteiger partial charge is 0.351 e. The fourth-order valence-corrected chi connectivity index (χ4v) is 5.42. The van der Waals surface area contributed by atoms with E-state index in [-0.39, 0.29) is 16.7 Å². The molecule has 0 spiro atoms. The van der Waals surface area contributed by atoms with Crippen molar-refractivity contribution in [2.45, 2.75) is 31.2 Å². The fraction of sp³-hybridized carbons (Fsp3) is 0.368. The Morgan fingerprint density at radius 2 is 1.93 bits per heavy atom. The van der Waals surface area contributed by atoms with E-state index in [2.05, 4.69) is 5.32 Å². The normalized spacial score (nSPS) is 16.0. The van der Waals surface area contributed by atoms with Crippen LogP contribution in [0, 0.1) is 24.2 Å². The Bertz CT molecular complexity index is 951. The topological polar surface area (TPSA) is 90.3 Å². The Kier molecular flexibility index (Phi) is 5.95. The molecule has 0 unspecified atom stereocenters. The summed E-state index contributed by atoms with van der Waals surface area (Å²) in [6, 6.07) is 9.91. The molecule has 1 N–H and O–H groups in total. The summed E-state index contributed by atoms with van der Waals surface area (Å²) < 4.78 is 26.9. The summed E-state index contributed by atoms with van der Waals surface area (Å²) in [5, 5.41) is 13.8. The zero-order valence-electron chi connectivity index (χ0n) is 15.0. The molecule has 1 saturated heterocycles. The summed E-state index contributed by atoms with van der Waals surface area (Å²) in [5.41, 5.74) is 1.59. The van der Waals surface area contributed by atoms with Crippen LogP contribution < -0.4 is 5.32 Å². The van der Waals surface area contributed by atoms with Crippen molar-refractivity contribution >= 4 is 27.3 Å². The van der Waals surface area contributed by atoms with Gasteiger partial charge in [0.25, 0.3) is 0 Å². The van der Waals surface area contributed by atoms with E-state index in [0.717, 1.165) is 4.88 Å². The van der Waals surface area contributed by atoms with E-state index < -0.39 is 10.0 Å². The minimum absolute atomic E-state index is 0.0155. The van der Waals surface area contributed by atoms with Gasteiger partial charge in [-0.1, -0.05) is 0 Å². The highest BCUT2D eigenvalue weighted by molar-refractivity contribution is 7.89. The predicted molar refractivity (Wildman–Crippen MR) is 104 cm³/mol. The van der Waals surface area contributed by atoms with Gasteiger partial charge in [-0.05, 0) is 61.0 Å². The maximum Gasteiger partial charge on any atom is 0.243 e. The van der Waals surface area contributed by atoms with Crippen LogP contribution in [0.15, 0.2) is 40.6 Å². The Morgan fingerprint density at radius 1 is 1.26 bits per heavy atom. The van der Waals surface area contributed by atoms with Gasteiger partial charge in [0, 0.05) is 23.9 Å². The molecule has 0 saturated carbocycles. The lowest BCUT2D eigenvalue weighted by atomic mass is 9.97. The molecule has 2 aromatic rings. The van der Waals surface area contributed by atoms with Gasteiger partial charge in [-0.2, -0.15) is 9.57 Å². The van der Waals surface area contributed by atoms with Crippen molar-refractivity contribution in [1.82, 2.24) is 9.62 Å². The molecule has 1 aromatic heterocycles. The minimum Gasteiger partial charge on any atom is -0.351 e. The number of nitrogens with zero attached hydrogens (tertiary/aromatic N) is 2. The number of hydrogen-bond acceptors (Lipinski definition) is 5. The molecule has 0 atom stereocenters. The summed E-state index contributed by atoms with van der Waals surface area (Å²) in [7, 11) is -3.60. The van der Waals surface area contributed by atoms with Crippen LogP contribution in [0.25, 0.3) is 0 Å². The summed E-state index contributed by atoms with van der Waals surface area (Å²) >= 11 is 1.62. The summed E-state index contributed by atoms with van der Waals surface area (Å²) in [5.74, 6) is -0.184. The highest BCUT2D eigenvalue weighted by atomic mass is 32.2. The van der Waals surface area contributed by atoms with Crippen molar-refractivity contribution in [2.75, 3.05) is 13.1 Å². The van der Waals surface area contributed by atoms with Gasteiger partial charge in [-0.3, -0.25) is 4.79 Å². The Labute approximate surface area is 163 Å². The third kappa shape index (κ3) is 4.38. The van der Waals surface area contributed by atoms with E-state index >= 15 is 0 Å². The van der Waals surface area contributed by atoms with Crippen LogP contribution in [-0.4, -0.2) is 31.7 Å².